The third kappa shape index (κ3) is 10.7. The molecular weight excluding hydrogens is 194 g/mol. The average Bonchev–Trinajstić information content (AvgIpc) is 2.21. The quantitative estimate of drug-likeness (QED) is 0.322. The smallest absolute Gasteiger partial charge is 0.262 e. The van der Waals surface area contributed by atoms with Crippen LogP contribution < -0.4 is 10.6 Å². The molecule has 0 aromatic rings. The predicted molar refractivity (Wildman–Crippen MR) is 62.5 cm³/mol. The van der Waals surface area contributed by atoms with Crippen LogP contribution in [0, 0.1) is 0 Å². The van der Waals surface area contributed by atoms with Crippen molar-refractivity contribution in [1.29, 1.82) is 0 Å². The lowest BCUT2D eigenvalue weighted by molar-refractivity contribution is -0.113. The summed E-state index contributed by atoms with van der Waals surface area (Å²) in [4.78, 5) is 20.4. The molecule has 0 atom stereocenters. The fourth-order valence-electron chi connectivity index (χ4n) is 0.700. The molecule has 0 heterocycles. The Balaban J connectivity index is 3.39. The number of carbonyl (C=O) groups excluding carboxylic acids is 1. The molecule has 2 N–H and O–H groups in total. The zero-order valence-electron chi connectivity index (χ0n) is 9.53. The van der Waals surface area contributed by atoms with Gasteiger partial charge in [0.25, 0.3) is 5.91 Å². The van der Waals surface area contributed by atoms with Crippen molar-refractivity contribution in [3.05, 3.63) is 0 Å². The molecule has 0 aliphatic rings. The zero-order valence-corrected chi connectivity index (χ0v) is 9.53. The highest BCUT2D eigenvalue weighted by molar-refractivity contribution is 6.27. The van der Waals surface area contributed by atoms with Gasteiger partial charge in [-0.25, -0.2) is 4.99 Å². The standard InChI is InChI=1S/C9H19N5O/c1-10-9(15)6-12-8-13-7-11-4-5-14(2)3/h6,8,11H,4-5,7H2,1-3H3,(H,10,15)/b12-6+,13-8-. The number of aliphatic imine (C=N–C) groups is 2. The molecule has 0 unspecified atom stereocenters. The minimum absolute atomic E-state index is 0.234. The largest absolute Gasteiger partial charge is 0.354 e. The van der Waals surface area contributed by atoms with E-state index in [9.17, 15) is 4.79 Å². The highest BCUT2D eigenvalue weighted by atomic mass is 16.1. The molecule has 0 spiro atoms. The molecule has 0 saturated heterocycles. The number of hydrogen-bond acceptors (Lipinski definition) is 4. The van der Waals surface area contributed by atoms with E-state index in [2.05, 4.69) is 25.5 Å². The minimum Gasteiger partial charge on any atom is -0.354 e. The van der Waals surface area contributed by atoms with Crippen LogP contribution in [0.4, 0.5) is 0 Å². The second-order valence-corrected chi connectivity index (χ2v) is 3.15. The lowest BCUT2D eigenvalue weighted by atomic mass is 10.6. The van der Waals surface area contributed by atoms with Gasteiger partial charge in [-0.05, 0) is 14.1 Å². The maximum atomic E-state index is 10.7. The van der Waals surface area contributed by atoms with Crippen LogP contribution >= 0.6 is 0 Å². The van der Waals surface area contributed by atoms with E-state index in [1.807, 2.05) is 14.1 Å². The van der Waals surface area contributed by atoms with Crippen molar-refractivity contribution in [2.75, 3.05) is 40.9 Å². The summed E-state index contributed by atoms with van der Waals surface area (Å²) in [6.07, 6.45) is 2.54. The van der Waals surface area contributed by atoms with Gasteiger partial charge in [-0.3, -0.25) is 15.1 Å². The summed E-state index contributed by atoms with van der Waals surface area (Å²) in [6.45, 7) is 2.36. The number of carbonyl (C=O) groups is 1. The third-order valence-electron chi connectivity index (χ3n) is 1.53. The van der Waals surface area contributed by atoms with E-state index in [-0.39, 0.29) is 5.91 Å². The maximum absolute atomic E-state index is 10.7. The second-order valence-electron chi connectivity index (χ2n) is 3.15. The second kappa shape index (κ2) is 9.29. The van der Waals surface area contributed by atoms with E-state index in [0.29, 0.717) is 6.67 Å². The van der Waals surface area contributed by atoms with E-state index < -0.39 is 0 Å². The van der Waals surface area contributed by atoms with E-state index in [1.54, 1.807) is 7.05 Å². The molecule has 6 nitrogen and oxygen atoms in total. The molecule has 0 rings (SSSR count). The van der Waals surface area contributed by atoms with Gasteiger partial charge in [0.1, 0.15) is 6.34 Å². The molecule has 0 fully saturated rings. The van der Waals surface area contributed by atoms with Gasteiger partial charge in [-0.2, -0.15) is 0 Å². The number of hydrogen-bond donors (Lipinski definition) is 2. The SMILES string of the molecule is CNC(=O)/C=N/C=N\CNCCN(C)C. The van der Waals surface area contributed by atoms with Crippen LogP contribution in [0.15, 0.2) is 9.98 Å². The summed E-state index contributed by atoms with van der Waals surface area (Å²) < 4.78 is 0. The average molecular weight is 213 g/mol. The molecular formula is C9H19N5O. The molecule has 0 aromatic carbocycles. The number of amides is 1. The molecule has 0 saturated carbocycles. The first kappa shape index (κ1) is 13.7. The van der Waals surface area contributed by atoms with E-state index in [0.717, 1.165) is 13.1 Å². The summed E-state index contributed by atoms with van der Waals surface area (Å²) in [5, 5.41) is 5.52. The van der Waals surface area contributed by atoms with Gasteiger partial charge in [-0.15, -0.1) is 0 Å². The molecule has 15 heavy (non-hydrogen) atoms. The highest BCUT2D eigenvalue weighted by Gasteiger charge is 1.87. The van der Waals surface area contributed by atoms with Crippen molar-refractivity contribution in [1.82, 2.24) is 15.5 Å². The number of nitrogens with zero attached hydrogens (tertiary/aromatic N) is 3. The van der Waals surface area contributed by atoms with Gasteiger partial charge in [0.15, 0.2) is 0 Å². The Morgan fingerprint density at radius 2 is 2.20 bits per heavy atom. The van der Waals surface area contributed by atoms with Gasteiger partial charge >= 0.3 is 0 Å². The van der Waals surface area contributed by atoms with Gasteiger partial charge in [0, 0.05) is 20.1 Å². The fraction of sp³-hybridized carbons (Fsp3) is 0.667. The summed E-state index contributed by atoms with van der Waals surface area (Å²) in [5.41, 5.74) is 0. The Labute approximate surface area is 90.5 Å². The molecule has 0 bridgehead atoms. The molecule has 0 aromatic heterocycles. The van der Waals surface area contributed by atoms with Crippen LogP contribution in [0.25, 0.3) is 0 Å². The molecule has 86 valence electrons. The predicted octanol–water partition coefficient (Wildman–Crippen LogP) is -1.06. The summed E-state index contributed by atoms with van der Waals surface area (Å²) >= 11 is 0. The van der Waals surface area contributed by atoms with Crippen LogP contribution in [0.3, 0.4) is 0 Å². The first-order chi connectivity index (χ1) is 7.16. The van der Waals surface area contributed by atoms with Gasteiger partial charge in [-0.1, -0.05) is 0 Å². The van der Waals surface area contributed by atoms with Crippen molar-refractivity contribution in [2.24, 2.45) is 9.98 Å². The summed E-state index contributed by atoms with van der Waals surface area (Å²) in [7, 11) is 5.57. The lowest BCUT2D eigenvalue weighted by Crippen LogP contribution is -2.26. The Morgan fingerprint density at radius 1 is 1.47 bits per heavy atom. The summed E-state index contributed by atoms with van der Waals surface area (Å²) in [6, 6.07) is 0. The number of nitrogens with one attached hydrogen (secondary N) is 2. The molecule has 0 aliphatic carbocycles. The first-order valence-electron chi connectivity index (χ1n) is 4.75. The first-order valence-corrected chi connectivity index (χ1v) is 4.75. The van der Waals surface area contributed by atoms with Crippen LogP contribution in [-0.4, -0.2) is 64.3 Å². The maximum Gasteiger partial charge on any atom is 0.262 e. The van der Waals surface area contributed by atoms with Crippen LogP contribution in [0.1, 0.15) is 0 Å². The van der Waals surface area contributed by atoms with E-state index in [4.69, 9.17) is 0 Å². The topological polar surface area (TPSA) is 69.1 Å². The van der Waals surface area contributed by atoms with E-state index in [1.165, 1.54) is 12.6 Å². The fourth-order valence-corrected chi connectivity index (χ4v) is 0.700. The minimum atomic E-state index is -0.234. The van der Waals surface area contributed by atoms with Gasteiger partial charge in [0.2, 0.25) is 0 Å². The monoisotopic (exact) mass is 213 g/mol. The number of rotatable bonds is 7. The molecule has 0 radical (unpaired) electrons. The van der Waals surface area contributed by atoms with Crippen molar-refractivity contribution < 1.29 is 4.79 Å². The number of likely N-dealkylation sites (N-methyl/N-ethyl adjacent to an activating group) is 1. The lowest BCUT2D eigenvalue weighted by Gasteiger charge is -2.08. The van der Waals surface area contributed by atoms with E-state index >= 15 is 0 Å². The van der Waals surface area contributed by atoms with Crippen LogP contribution in [-0.2, 0) is 4.79 Å². The normalized spacial score (nSPS) is 11.7. The summed E-state index contributed by atoms with van der Waals surface area (Å²) in [5.74, 6) is -0.234. The highest BCUT2D eigenvalue weighted by Crippen LogP contribution is 1.71. The Kier molecular flexibility index (Phi) is 8.50. The Hall–Kier alpha value is -1.27. The van der Waals surface area contributed by atoms with Crippen molar-refractivity contribution in [2.45, 2.75) is 0 Å². The van der Waals surface area contributed by atoms with Gasteiger partial charge < -0.3 is 10.2 Å². The zero-order chi connectivity index (χ0) is 11.5. The Morgan fingerprint density at radius 3 is 2.80 bits per heavy atom. The van der Waals surface area contributed by atoms with Crippen LogP contribution in [0.2, 0.25) is 0 Å². The van der Waals surface area contributed by atoms with Crippen molar-refractivity contribution in [3.63, 3.8) is 0 Å². The van der Waals surface area contributed by atoms with Crippen molar-refractivity contribution >= 4 is 18.5 Å². The van der Waals surface area contributed by atoms with Crippen LogP contribution in [0.5, 0.6) is 0 Å². The van der Waals surface area contributed by atoms with Gasteiger partial charge in [0.05, 0.1) is 12.9 Å². The Bertz CT molecular complexity index is 225. The molecule has 0 aliphatic heterocycles. The molecule has 6 heteroatoms. The van der Waals surface area contributed by atoms with Crippen molar-refractivity contribution in [3.8, 4) is 0 Å². The third-order valence-corrected chi connectivity index (χ3v) is 1.53. The molecule has 1 amide bonds.